The lowest BCUT2D eigenvalue weighted by Crippen LogP contribution is -2.39. The number of carboxylic acids is 1. The van der Waals surface area contributed by atoms with Crippen LogP contribution in [0.3, 0.4) is 0 Å². The molecule has 5 rings (SSSR count). The fourth-order valence-electron chi connectivity index (χ4n) is 6.43. The molecule has 7 nitrogen and oxygen atoms in total. The van der Waals surface area contributed by atoms with Crippen LogP contribution in [0.1, 0.15) is 79.5 Å². The molecular formula is C27H29Cl2F3N4O3. The zero-order valence-electron chi connectivity index (χ0n) is 21.3. The Labute approximate surface area is 234 Å². The van der Waals surface area contributed by atoms with E-state index in [1.54, 1.807) is 6.92 Å². The smallest absolute Gasteiger partial charge is 0.433 e. The summed E-state index contributed by atoms with van der Waals surface area (Å²) >= 11 is 12.7. The van der Waals surface area contributed by atoms with Crippen molar-refractivity contribution in [2.75, 3.05) is 6.54 Å². The largest absolute Gasteiger partial charge is 0.481 e. The lowest BCUT2D eigenvalue weighted by Gasteiger charge is -2.34. The average Bonchev–Trinajstić information content (AvgIpc) is 3.60. The van der Waals surface area contributed by atoms with E-state index in [1.165, 1.54) is 17.3 Å². The molecule has 1 aliphatic heterocycles. The van der Waals surface area contributed by atoms with E-state index in [9.17, 15) is 27.9 Å². The molecule has 210 valence electrons. The number of nitrogens with zero attached hydrogens (tertiary/aromatic N) is 4. The van der Waals surface area contributed by atoms with Gasteiger partial charge in [0.25, 0.3) is 5.91 Å². The molecule has 1 saturated carbocycles. The topological polar surface area (TPSA) is 88.3 Å². The number of pyridine rings is 1. The quantitative estimate of drug-likeness (QED) is 0.400. The first-order valence-electron chi connectivity index (χ1n) is 13.0. The Hall–Kier alpha value is -2.59. The van der Waals surface area contributed by atoms with E-state index < -0.39 is 46.8 Å². The number of amides is 1. The highest BCUT2D eigenvalue weighted by Gasteiger charge is 2.49. The van der Waals surface area contributed by atoms with Crippen molar-refractivity contribution in [3.05, 3.63) is 57.6 Å². The number of aromatic nitrogens is 3. The van der Waals surface area contributed by atoms with Crippen LogP contribution in [0, 0.1) is 10.8 Å². The fraction of sp³-hybridized carbons (Fsp3) is 0.556. The first-order valence-corrected chi connectivity index (χ1v) is 13.7. The van der Waals surface area contributed by atoms with E-state index in [2.05, 4.69) is 10.1 Å². The molecule has 12 heteroatoms. The van der Waals surface area contributed by atoms with E-state index in [-0.39, 0.29) is 31.1 Å². The molecule has 39 heavy (non-hydrogen) atoms. The van der Waals surface area contributed by atoms with Gasteiger partial charge in [-0.3, -0.25) is 19.3 Å². The van der Waals surface area contributed by atoms with Gasteiger partial charge in [0.15, 0.2) is 5.69 Å². The molecule has 2 aliphatic carbocycles. The predicted octanol–water partition coefficient (Wildman–Crippen LogP) is 6.60. The Balaban J connectivity index is 1.47. The molecule has 2 aromatic rings. The molecule has 1 N–H and O–H groups in total. The van der Waals surface area contributed by atoms with Crippen LogP contribution in [0.5, 0.6) is 0 Å². The Morgan fingerprint density at radius 3 is 2.28 bits per heavy atom. The van der Waals surface area contributed by atoms with E-state index in [1.807, 2.05) is 12.2 Å². The molecule has 1 spiro atoms. The molecule has 3 heterocycles. The van der Waals surface area contributed by atoms with Crippen LogP contribution in [-0.2, 0) is 17.4 Å². The molecule has 1 amide bonds. The summed E-state index contributed by atoms with van der Waals surface area (Å²) in [6.07, 6.45) is 6.47. The maximum atomic E-state index is 14.5. The average molecular weight is 585 g/mol. The lowest BCUT2D eigenvalue weighted by atomic mass is 9.74. The third kappa shape index (κ3) is 5.17. The van der Waals surface area contributed by atoms with Gasteiger partial charge in [0.05, 0.1) is 33.3 Å². The SMILES string of the molecule is CC1(C(=O)O)CCC(n2ncc(C(=O)N3CC4(CC=CC4)C[C@@H]3Cc3c(Cl)cncc3Cl)c2C(F)(F)F)CC1. The fourth-order valence-corrected chi connectivity index (χ4v) is 6.95. The molecule has 2 fully saturated rings. The summed E-state index contributed by atoms with van der Waals surface area (Å²) in [5.74, 6) is -1.69. The van der Waals surface area contributed by atoms with Crippen molar-refractivity contribution in [3.8, 4) is 0 Å². The zero-order chi connectivity index (χ0) is 28.2. The highest BCUT2D eigenvalue weighted by molar-refractivity contribution is 6.35. The van der Waals surface area contributed by atoms with Crippen LogP contribution in [0.25, 0.3) is 0 Å². The lowest BCUT2D eigenvalue weighted by molar-refractivity contribution is -0.152. The Morgan fingerprint density at radius 1 is 1.10 bits per heavy atom. The predicted molar refractivity (Wildman–Crippen MR) is 139 cm³/mol. The van der Waals surface area contributed by atoms with Crippen molar-refractivity contribution < 1.29 is 27.9 Å². The minimum atomic E-state index is -4.82. The van der Waals surface area contributed by atoms with Gasteiger partial charge in [0.2, 0.25) is 0 Å². The number of hydrogen-bond acceptors (Lipinski definition) is 4. The first kappa shape index (κ1) is 28.0. The highest BCUT2D eigenvalue weighted by atomic mass is 35.5. The van der Waals surface area contributed by atoms with E-state index in [0.717, 1.165) is 23.7 Å². The Bertz CT molecular complexity index is 1290. The number of aliphatic carboxylic acids is 1. The molecule has 0 aromatic carbocycles. The molecular weight excluding hydrogens is 556 g/mol. The highest BCUT2D eigenvalue weighted by Crippen LogP contribution is 2.48. The maximum absolute atomic E-state index is 14.5. The number of allylic oxidation sites excluding steroid dienone is 2. The summed E-state index contributed by atoms with van der Waals surface area (Å²) in [4.78, 5) is 31.0. The normalized spacial score (nSPS) is 26.5. The number of likely N-dealkylation sites (tertiary alicyclic amines) is 1. The van der Waals surface area contributed by atoms with Crippen LogP contribution in [0.4, 0.5) is 13.2 Å². The second kappa shape index (κ2) is 10.1. The minimum absolute atomic E-state index is 0.224. The van der Waals surface area contributed by atoms with Crippen molar-refractivity contribution in [2.24, 2.45) is 10.8 Å². The second-order valence-electron chi connectivity index (χ2n) is 11.4. The van der Waals surface area contributed by atoms with Gasteiger partial charge in [-0.05, 0) is 69.3 Å². The summed E-state index contributed by atoms with van der Waals surface area (Å²) in [5, 5.41) is 14.3. The molecule has 3 aliphatic rings. The van der Waals surface area contributed by atoms with Crippen molar-refractivity contribution in [1.29, 1.82) is 0 Å². The van der Waals surface area contributed by atoms with Gasteiger partial charge in [0, 0.05) is 25.0 Å². The number of hydrogen-bond donors (Lipinski definition) is 1. The Morgan fingerprint density at radius 2 is 1.72 bits per heavy atom. The number of carboxylic acid groups (broad SMARTS) is 1. The van der Waals surface area contributed by atoms with Crippen molar-refractivity contribution in [1.82, 2.24) is 19.7 Å². The van der Waals surface area contributed by atoms with Gasteiger partial charge >= 0.3 is 12.1 Å². The van der Waals surface area contributed by atoms with E-state index in [4.69, 9.17) is 23.2 Å². The molecule has 2 aromatic heterocycles. The molecule has 0 unspecified atom stereocenters. The maximum Gasteiger partial charge on any atom is 0.433 e. The summed E-state index contributed by atoms with van der Waals surface area (Å²) < 4.78 is 44.4. The van der Waals surface area contributed by atoms with Gasteiger partial charge in [-0.1, -0.05) is 35.4 Å². The van der Waals surface area contributed by atoms with Crippen LogP contribution in [0.15, 0.2) is 30.7 Å². The van der Waals surface area contributed by atoms with Crippen LogP contribution in [0.2, 0.25) is 10.0 Å². The van der Waals surface area contributed by atoms with Crippen molar-refractivity contribution in [3.63, 3.8) is 0 Å². The second-order valence-corrected chi connectivity index (χ2v) is 12.2. The summed E-state index contributed by atoms with van der Waals surface area (Å²) in [6, 6.07) is -1.06. The van der Waals surface area contributed by atoms with E-state index in [0.29, 0.717) is 35.0 Å². The summed E-state index contributed by atoms with van der Waals surface area (Å²) in [6.45, 7) is 1.92. The number of carbonyl (C=O) groups is 2. The molecule has 0 bridgehead atoms. The van der Waals surface area contributed by atoms with Crippen molar-refractivity contribution >= 4 is 35.1 Å². The van der Waals surface area contributed by atoms with Crippen LogP contribution < -0.4 is 0 Å². The third-order valence-corrected chi connectivity index (χ3v) is 9.40. The van der Waals surface area contributed by atoms with Gasteiger partial charge < -0.3 is 10.0 Å². The number of alkyl halides is 3. The monoisotopic (exact) mass is 584 g/mol. The zero-order valence-corrected chi connectivity index (χ0v) is 22.9. The molecule has 1 atom stereocenters. The molecule has 0 radical (unpaired) electrons. The Kier molecular flexibility index (Phi) is 7.24. The van der Waals surface area contributed by atoms with Crippen LogP contribution >= 0.6 is 23.2 Å². The molecule has 1 saturated heterocycles. The summed E-state index contributed by atoms with van der Waals surface area (Å²) in [5.41, 5.74) is -2.20. The van der Waals surface area contributed by atoms with Gasteiger partial charge in [-0.2, -0.15) is 18.3 Å². The van der Waals surface area contributed by atoms with Crippen LogP contribution in [-0.4, -0.2) is 49.2 Å². The number of carbonyl (C=O) groups excluding carboxylic acids is 1. The van der Waals surface area contributed by atoms with Crippen molar-refractivity contribution in [2.45, 2.75) is 76.6 Å². The third-order valence-electron chi connectivity index (χ3n) is 8.75. The van der Waals surface area contributed by atoms with E-state index >= 15 is 0 Å². The van der Waals surface area contributed by atoms with Gasteiger partial charge in [-0.25, -0.2) is 0 Å². The summed E-state index contributed by atoms with van der Waals surface area (Å²) in [7, 11) is 0. The van der Waals surface area contributed by atoms with Gasteiger partial charge in [0.1, 0.15) is 0 Å². The number of halogens is 5. The number of rotatable bonds is 5. The minimum Gasteiger partial charge on any atom is -0.481 e. The standard InChI is InChI=1S/C27H29Cl2F3N4O3/c1-25(24(38)39)8-4-16(5-9-25)36-22(27(30,31)32)19(12-34-36)23(37)35-15-26(6-2-3-7-26)11-17(35)10-18-20(28)13-33-14-21(18)29/h2-3,12-14,16-17H,4-11,15H2,1H3,(H,38,39)/t16?,17-,25?/m0/s1. The first-order chi connectivity index (χ1) is 18.3. The van der Waals surface area contributed by atoms with Gasteiger partial charge in [-0.15, -0.1) is 0 Å².